The lowest BCUT2D eigenvalue weighted by atomic mass is 9.99. The Morgan fingerprint density at radius 3 is 3.00 bits per heavy atom. The van der Waals surface area contributed by atoms with Gasteiger partial charge >= 0.3 is 0 Å². The number of hydrogen-bond donors (Lipinski definition) is 1. The Morgan fingerprint density at radius 1 is 1.73 bits per heavy atom. The molecule has 4 nitrogen and oxygen atoms in total. The highest BCUT2D eigenvalue weighted by Crippen LogP contribution is 2.07. The summed E-state index contributed by atoms with van der Waals surface area (Å²) in [5.74, 6) is 1.73. The molecule has 0 spiro atoms. The molecule has 1 saturated heterocycles. The van der Waals surface area contributed by atoms with Crippen molar-refractivity contribution < 1.29 is 0 Å². The molecule has 1 aliphatic heterocycles. The Kier molecular flexibility index (Phi) is 1.62. The molecular formula is C7H12N4. The minimum absolute atomic E-state index is 0.761. The summed E-state index contributed by atoms with van der Waals surface area (Å²) in [7, 11) is 1.90. The maximum Gasteiger partial charge on any atom is 0.150 e. The molecule has 1 aromatic rings. The zero-order valence-electron chi connectivity index (χ0n) is 6.62. The lowest BCUT2D eigenvalue weighted by molar-refractivity contribution is 0.341. The van der Waals surface area contributed by atoms with Gasteiger partial charge in [-0.25, -0.2) is 4.98 Å². The van der Waals surface area contributed by atoms with Gasteiger partial charge in [0.05, 0.1) is 0 Å². The number of aromatic nitrogens is 3. The van der Waals surface area contributed by atoms with Gasteiger partial charge in [-0.2, -0.15) is 5.10 Å². The molecule has 0 amide bonds. The van der Waals surface area contributed by atoms with Crippen molar-refractivity contribution in [3.63, 3.8) is 0 Å². The largest absolute Gasteiger partial charge is 0.316 e. The minimum Gasteiger partial charge on any atom is -0.316 e. The van der Waals surface area contributed by atoms with Gasteiger partial charge in [0.1, 0.15) is 6.33 Å². The van der Waals surface area contributed by atoms with Crippen molar-refractivity contribution >= 4 is 0 Å². The first-order chi connectivity index (χ1) is 5.34. The van der Waals surface area contributed by atoms with Crippen LogP contribution in [-0.4, -0.2) is 27.9 Å². The van der Waals surface area contributed by atoms with Crippen molar-refractivity contribution in [1.82, 2.24) is 20.1 Å². The van der Waals surface area contributed by atoms with Crippen LogP contribution in [0, 0.1) is 5.92 Å². The van der Waals surface area contributed by atoms with Crippen LogP contribution < -0.4 is 5.32 Å². The van der Waals surface area contributed by atoms with Crippen LogP contribution in [0.4, 0.5) is 0 Å². The number of hydrogen-bond acceptors (Lipinski definition) is 3. The van der Waals surface area contributed by atoms with E-state index in [-0.39, 0.29) is 0 Å². The number of nitrogens with zero attached hydrogens (tertiary/aromatic N) is 3. The van der Waals surface area contributed by atoms with E-state index >= 15 is 0 Å². The predicted molar refractivity (Wildman–Crippen MR) is 41.1 cm³/mol. The lowest BCUT2D eigenvalue weighted by Crippen LogP contribution is -2.43. The Balaban J connectivity index is 1.95. The van der Waals surface area contributed by atoms with Gasteiger partial charge < -0.3 is 5.32 Å². The number of aryl methyl sites for hydroxylation is 1. The SMILES string of the molecule is Cn1cnc(CC2CNC2)n1. The summed E-state index contributed by atoms with van der Waals surface area (Å²) in [5.41, 5.74) is 0. The van der Waals surface area contributed by atoms with Crippen LogP contribution in [0.3, 0.4) is 0 Å². The fraction of sp³-hybridized carbons (Fsp3) is 0.714. The van der Waals surface area contributed by atoms with E-state index in [0.717, 1.165) is 31.3 Å². The smallest absolute Gasteiger partial charge is 0.150 e. The van der Waals surface area contributed by atoms with Gasteiger partial charge in [-0.3, -0.25) is 4.68 Å². The Labute approximate surface area is 65.6 Å². The van der Waals surface area contributed by atoms with E-state index in [2.05, 4.69) is 15.4 Å². The van der Waals surface area contributed by atoms with Crippen LogP contribution in [-0.2, 0) is 13.5 Å². The van der Waals surface area contributed by atoms with Crippen LogP contribution in [0.2, 0.25) is 0 Å². The van der Waals surface area contributed by atoms with Crippen LogP contribution >= 0.6 is 0 Å². The molecule has 2 heterocycles. The second kappa shape index (κ2) is 2.62. The molecule has 0 aliphatic carbocycles. The maximum absolute atomic E-state index is 4.21. The monoisotopic (exact) mass is 152 g/mol. The van der Waals surface area contributed by atoms with Gasteiger partial charge in [-0.1, -0.05) is 0 Å². The van der Waals surface area contributed by atoms with Gasteiger partial charge in [0, 0.05) is 13.5 Å². The summed E-state index contributed by atoms with van der Waals surface area (Å²) in [6.45, 7) is 2.25. The molecule has 1 aliphatic rings. The average Bonchev–Trinajstić information content (AvgIpc) is 2.27. The topological polar surface area (TPSA) is 42.7 Å². The molecule has 0 bridgehead atoms. The molecule has 0 unspecified atom stereocenters. The summed E-state index contributed by atoms with van der Waals surface area (Å²) in [5, 5.41) is 7.44. The van der Waals surface area contributed by atoms with Crippen molar-refractivity contribution in [1.29, 1.82) is 0 Å². The minimum atomic E-state index is 0.761. The zero-order valence-corrected chi connectivity index (χ0v) is 6.62. The summed E-state index contributed by atoms with van der Waals surface area (Å²) in [6.07, 6.45) is 2.77. The summed E-state index contributed by atoms with van der Waals surface area (Å²) < 4.78 is 1.75. The fourth-order valence-electron chi connectivity index (χ4n) is 1.23. The summed E-state index contributed by atoms with van der Waals surface area (Å²) in [6, 6.07) is 0. The third kappa shape index (κ3) is 1.40. The third-order valence-corrected chi connectivity index (χ3v) is 1.98. The second-order valence-corrected chi connectivity index (χ2v) is 3.06. The molecule has 60 valence electrons. The molecule has 1 aromatic heterocycles. The van der Waals surface area contributed by atoms with E-state index in [1.165, 1.54) is 0 Å². The van der Waals surface area contributed by atoms with Crippen molar-refractivity contribution in [2.45, 2.75) is 6.42 Å². The standard InChI is InChI=1S/C7H12N4/c1-11-5-9-7(10-11)2-6-3-8-4-6/h5-6,8H,2-4H2,1H3. The highest BCUT2D eigenvalue weighted by Gasteiger charge is 2.18. The van der Waals surface area contributed by atoms with E-state index in [4.69, 9.17) is 0 Å². The molecule has 0 atom stereocenters. The van der Waals surface area contributed by atoms with Gasteiger partial charge in [0.25, 0.3) is 0 Å². The Hall–Kier alpha value is -0.900. The second-order valence-electron chi connectivity index (χ2n) is 3.06. The first-order valence-electron chi connectivity index (χ1n) is 3.90. The van der Waals surface area contributed by atoms with Gasteiger partial charge in [0.2, 0.25) is 0 Å². The molecule has 0 radical (unpaired) electrons. The maximum atomic E-state index is 4.21. The normalized spacial score (nSPS) is 18.3. The van der Waals surface area contributed by atoms with E-state index < -0.39 is 0 Å². The van der Waals surface area contributed by atoms with Crippen LogP contribution in [0.1, 0.15) is 5.82 Å². The lowest BCUT2D eigenvalue weighted by Gasteiger charge is -2.25. The molecular weight excluding hydrogens is 140 g/mol. The molecule has 2 rings (SSSR count). The van der Waals surface area contributed by atoms with Gasteiger partial charge in [-0.05, 0) is 19.0 Å². The first kappa shape index (κ1) is 6.79. The molecule has 4 heteroatoms. The predicted octanol–water partition coefficient (Wildman–Crippen LogP) is -0.423. The van der Waals surface area contributed by atoms with Crippen molar-refractivity contribution in [3.05, 3.63) is 12.2 Å². The van der Waals surface area contributed by atoms with Crippen LogP contribution in [0.25, 0.3) is 0 Å². The number of rotatable bonds is 2. The van der Waals surface area contributed by atoms with E-state index in [1.54, 1.807) is 11.0 Å². The van der Waals surface area contributed by atoms with Crippen molar-refractivity contribution in [2.75, 3.05) is 13.1 Å². The zero-order chi connectivity index (χ0) is 7.68. The van der Waals surface area contributed by atoms with E-state index in [0.29, 0.717) is 0 Å². The molecule has 0 aromatic carbocycles. The van der Waals surface area contributed by atoms with Crippen LogP contribution in [0.15, 0.2) is 6.33 Å². The van der Waals surface area contributed by atoms with E-state index in [9.17, 15) is 0 Å². The fourth-order valence-corrected chi connectivity index (χ4v) is 1.23. The highest BCUT2D eigenvalue weighted by atomic mass is 15.3. The molecule has 1 fully saturated rings. The summed E-state index contributed by atoms with van der Waals surface area (Å²) in [4.78, 5) is 4.16. The molecule has 11 heavy (non-hydrogen) atoms. The third-order valence-electron chi connectivity index (χ3n) is 1.98. The van der Waals surface area contributed by atoms with Crippen molar-refractivity contribution in [2.24, 2.45) is 13.0 Å². The quantitative estimate of drug-likeness (QED) is 0.625. The van der Waals surface area contributed by atoms with E-state index in [1.807, 2.05) is 7.05 Å². The summed E-state index contributed by atoms with van der Waals surface area (Å²) >= 11 is 0. The van der Waals surface area contributed by atoms with Crippen molar-refractivity contribution in [3.8, 4) is 0 Å². The van der Waals surface area contributed by atoms with Gasteiger partial charge in [-0.15, -0.1) is 0 Å². The Morgan fingerprint density at radius 2 is 2.55 bits per heavy atom. The Bertz CT molecular complexity index is 238. The van der Waals surface area contributed by atoms with Gasteiger partial charge in [0.15, 0.2) is 5.82 Å². The average molecular weight is 152 g/mol. The molecule has 1 N–H and O–H groups in total. The number of nitrogens with one attached hydrogen (secondary N) is 1. The highest BCUT2D eigenvalue weighted by molar-refractivity contribution is 4.89. The van der Waals surface area contributed by atoms with Crippen LogP contribution in [0.5, 0.6) is 0 Å². The first-order valence-corrected chi connectivity index (χ1v) is 3.90. The molecule has 0 saturated carbocycles.